The molecule has 0 saturated carbocycles. The molecule has 21 heavy (non-hydrogen) atoms. The fraction of sp³-hybridized carbons (Fsp3) is 0.833. The van der Waals surface area contributed by atoms with Crippen LogP contribution in [0.2, 0.25) is 0 Å². The Kier molecular flexibility index (Phi) is 21.6. The van der Waals surface area contributed by atoms with E-state index in [1.807, 2.05) is 0 Å². The zero-order valence-corrected chi connectivity index (χ0v) is 15.0. The van der Waals surface area contributed by atoms with Gasteiger partial charge in [0.15, 0.2) is 0 Å². The van der Waals surface area contributed by atoms with Crippen LogP contribution in [-0.2, 0) is 21.9 Å². The number of allylic oxidation sites excluding steroid dienone is 2. The van der Waals surface area contributed by atoms with Gasteiger partial charge in [-0.2, -0.15) is 0 Å². The number of carboxylic acid groups (broad SMARTS) is 1. The summed E-state index contributed by atoms with van der Waals surface area (Å²) in [6, 6.07) is 0. The average Bonchev–Trinajstić information content (AvgIpc) is 2.43. The Bertz CT molecular complexity index is 239. The standard InChI is InChI=1S/C18H34O2.Mn/c1-2-3-4-5-6-7-8-9-10-11-12-13-14-15-16-17-18(19)20;/h9-10H,2-8,11-17H2,1H3,(H,19,20);. The van der Waals surface area contributed by atoms with E-state index >= 15 is 0 Å². The molecule has 2 nitrogen and oxygen atoms in total. The molecule has 1 N–H and O–H groups in total. The summed E-state index contributed by atoms with van der Waals surface area (Å²) in [5.41, 5.74) is 0. The molecule has 0 rings (SSSR count). The van der Waals surface area contributed by atoms with Crippen molar-refractivity contribution < 1.29 is 27.0 Å². The van der Waals surface area contributed by atoms with Crippen LogP contribution in [0.3, 0.4) is 0 Å². The maximum absolute atomic E-state index is 10.3. The molecule has 0 amide bonds. The van der Waals surface area contributed by atoms with Gasteiger partial charge < -0.3 is 5.11 Å². The Balaban J connectivity index is 0. The van der Waals surface area contributed by atoms with Gasteiger partial charge in [-0.05, 0) is 32.1 Å². The van der Waals surface area contributed by atoms with Gasteiger partial charge in [0.2, 0.25) is 0 Å². The molecule has 0 aromatic heterocycles. The van der Waals surface area contributed by atoms with Gasteiger partial charge in [-0.25, -0.2) is 0 Å². The van der Waals surface area contributed by atoms with Crippen LogP contribution >= 0.6 is 0 Å². The maximum Gasteiger partial charge on any atom is 0.303 e. The Labute approximate surface area is 142 Å². The number of hydrogen-bond donors (Lipinski definition) is 1. The zero-order chi connectivity index (χ0) is 14.9. The second-order valence-electron chi connectivity index (χ2n) is 5.73. The van der Waals surface area contributed by atoms with E-state index < -0.39 is 5.97 Å². The quantitative estimate of drug-likeness (QED) is 0.222. The zero-order valence-electron chi connectivity index (χ0n) is 13.8. The summed E-state index contributed by atoms with van der Waals surface area (Å²) in [7, 11) is 0. The van der Waals surface area contributed by atoms with Crippen LogP contribution in [-0.4, -0.2) is 11.1 Å². The third-order valence-corrected chi connectivity index (χ3v) is 3.65. The summed E-state index contributed by atoms with van der Waals surface area (Å²) in [6.07, 6.45) is 21.2. The molecular weight excluding hydrogens is 303 g/mol. The number of unbranched alkanes of at least 4 members (excludes halogenated alkanes) is 11. The monoisotopic (exact) mass is 337 g/mol. The molecule has 0 saturated heterocycles. The molecular formula is C18H34MnO2. The number of carbonyl (C=O) groups is 1. The SMILES string of the molecule is CCCCCCCCC=CCCCCCCCC(=O)O.[Mn]. The van der Waals surface area contributed by atoms with Crippen molar-refractivity contribution >= 4 is 5.97 Å². The molecule has 0 aliphatic rings. The minimum atomic E-state index is -0.664. The third kappa shape index (κ3) is 22.2. The molecule has 0 aromatic rings. The van der Waals surface area contributed by atoms with Gasteiger partial charge in [0, 0.05) is 23.5 Å². The Hall–Kier alpha value is -0.271. The first kappa shape index (κ1) is 23.0. The van der Waals surface area contributed by atoms with Gasteiger partial charge in [0.1, 0.15) is 0 Å². The van der Waals surface area contributed by atoms with Crippen LogP contribution in [0.25, 0.3) is 0 Å². The molecule has 0 aliphatic heterocycles. The van der Waals surface area contributed by atoms with E-state index in [0.29, 0.717) is 6.42 Å². The van der Waals surface area contributed by atoms with Crippen molar-refractivity contribution in [2.24, 2.45) is 0 Å². The first-order chi connectivity index (χ1) is 9.77. The predicted octanol–water partition coefficient (Wildman–Crippen LogP) is 6.11. The summed E-state index contributed by atoms with van der Waals surface area (Å²) in [5, 5.41) is 8.51. The van der Waals surface area contributed by atoms with E-state index in [1.54, 1.807) is 0 Å². The Morgan fingerprint density at radius 1 is 0.762 bits per heavy atom. The molecule has 0 atom stereocenters. The minimum Gasteiger partial charge on any atom is -0.481 e. The first-order valence-corrected chi connectivity index (χ1v) is 8.64. The average molecular weight is 337 g/mol. The maximum atomic E-state index is 10.3. The fourth-order valence-corrected chi connectivity index (χ4v) is 2.35. The summed E-state index contributed by atoms with van der Waals surface area (Å²) >= 11 is 0. The van der Waals surface area contributed by atoms with E-state index in [0.717, 1.165) is 12.8 Å². The van der Waals surface area contributed by atoms with E-state index in [9.17, 15) is 4.79 Å². The van der Waals surface area contributed by atoms with Gasteiger partial charge in [-0.15, -0.1) is 0 Å². The third-order valence-electron chi connectivity index (χ3n) is 3.65. The van der Waals surface area contributed by atoms with Crippen LogP contribution in [0.5, 0.6) is 0 Å². The van der Waals surface area contributed by atoms with Gasteiger partial charge >= 0.3 is 5.97 Å². The second-order valence-corrected chi connectivity index (χ2v) is 5.73. The van der Waals surface area contributed by atoms with Crippen molar-refractivity contribution in [3.63, 3.8) is 0 Å². The number of hydrogen-bond acceptors (Lipinski definition) is 1. The van der Waals surface area contributed by atoms with Crippen molar-refractivity contribution in [3.05, 3.63) is 12.2 Å². The summed E-state index contributed by atoms with van der Waals surface area (Å²) < 4.78 is 0. The van der Waals surface area contributed by atoms with Crippen molar-refractivity contribution in [3.8, 4) is 0 Å². The molecule has 1 radical (unpaired) electrons. The van der Waals surface area contributed by atoms with Crippen molar-refractivity contribution in [2.45, 2.75) is 96.8 Å². The molecule has 0 aromatic carbocycles. The Morgan fingerprint density at radius 3 is 1.67 bits per heavy atom. The molecule has 0 bridgehead atoms. The van der Waals surface area contributed by atoms with Gasteiger partial charge in [0.05, 0.1) is 0 Å². The Morgan fingerprint density at radius 2 is 1.19 bits per heavy atom. The van der Waals surface area contributed by atoms with Crippen molar-refractivity contribution in [1.29, 1.82) is 0 Å². The largest absolute Gasteiger partial charge is 0.481 e. The molecule has 0 unspecified atom stereocenters. The predicted molar refractivity (Wildman–Crippen MR) is 87.1 cm³/mol. The molecule has 0 fully saturated rings. The minimum absolute atomic E-state index is 0. The molecule has 0 spiro atoms. The smallest absolute Gasteiger partial charge is 0.303 e. The number of aliphatic carboxylic acids is 1. The summed E-state index contributed by atoms with van der Waals surface area (Å²) in [6.45, 7) is 2.26. The second kappa shape index (κ2) is 19.7. The first-order valence-electron chi connectivity index (χ1n) is 8.64. The van der Waals surface area contributed by atoms with Crippen LogP contribution in [0.1, 0.15) is 96.8 Å². The van der Waals surface area contributed by atoms with Crippen molar-refractivity contribution in [2.75, 3.05) is 0 Å². The van der Waals surface area contributed by atoms with Gasteiger partial charge in [0.25, 0.3) is 0 Å². The molecule has 0 aliphatic carbocycles. The van der Waals surface area contributed by atoms with E-state index in [1.165, 1.54) is 70.6 Å². The van der Waals surface area contributed by atoms with Gasteiger partial charge in [-0.3, -0.25) is 4.79 Å². The number of carboxylic acids is 1. The van der Waals surface area contributed by atoms with Crippen LogP contribution in [0.4, 0.5) is 0 Å². The topological polar surface area (TPSA) is 37.3 Å². The van der Waals surface area contributed by atoms with E-state index in [4.69, 9.17) is 5.11 Å². The molecule has 125 valence electrons. The summed E-state index contributed by atoms with van der Waals surface area (Å²) in [4.78, 5) is 10.3. The van der Waals surface area contributed by atoms with Crippen LogP contribution < -0.4 is 0 Å². The van der Waals surface area contributed by atoms with Crippen molar-refractivity contribution in [1.82, 2.24) is 0 Å². The van der Waals surface area contributed by atoms with Crippen LogP contribution in [0.15, 0.2) is 12.2 Å². The molecule has 0 heterocycles. The fourth-order valence-electron chi connectivity index (χ4n) is 2.35. The summed E-state index contributed by atoms with van der Waals surface area (Å²) in [5.74, 6) is -0.664. The number of rotatable bonds is 15. The normalized spacial score (nSPS) is 10.7. The van der Waals surface area contributed by atoms with Crippen LogP contribution in [0, 0.1) is 0 Å². The molecule has 3 heteroatoms. The van der Waals surface area contributed by atoms with E-state index in [-0.39, 0.29) is 17.1 Å². The van der Waals surface area contributed by atoms with E-state index in [2.05, 4.69) is 19.1 Å². The van der Waals surface area contributed by atoms with Gasteiger partial charge in [-0.1, -0.05) is 70.4 Å².